The number of carbonyl (C=O) groups is 1. The lowest BCUT2D eigenvalue weighted by molar-refractivity contribution is 0.0930. The third kappa shape index (κ3) is 3.21. The summed E-state index contributed by atoms with van der Waals surface area (Å²) < 4.78 is 1.70. The average Bonchev–Trinajstić information content (AvgIpc) is 2.91. The molecule has 106 valence electrons. The molecule has 1 atom stereocenters. The first-order valence-corrected chi connectivity index (χ1v) is 6.49. The van der Waals surface area contributed by atoms with Gasteiger partial charge in [-0.3, -0.25) is 14.5 Å². The second-order valence-corrected chi connectivity index (χ2v) is 4.59. The molecule has 0 bridgehead atoms. The molecule has 0 unspecified atom stereocenters. The van der Waals surface area contributed by atoms with Crippen LogP contribution in [0.2, 0.25) is 0 Å². The average molecular weight is 274 g/mol. The molecule has 0 aliphatic heterocycles. The number of rotatable bonds is 5. The van der Waals surface area contributed by atoms with Gasteiger partial charge in [0, 0.05) is 25.0 Å². The Morgan fingerprint density at radius 1 is 1.55 bits per heavy atom. The molecule has 0 spiro atoms. The summed E-state index contributed by atoms with van der Waals surface area (Å²) >= 11 is 0. The number of aryl methyl sites for hydroxylation is 1. The topological polar surface area (TPSA) is 80.0 Å². The first kappa shape index (κ1) is 14.2. The minimum Gasteiger partial charge on any atom is -0.392 e. The number of aliphatic hydroxyl groups excluding tert-OH is 1. The van der Waals surface area contributed by atoms with E-state index in [0.29, 0.717) is 11.3 Å². The third-order valence-corrected chi connectivity index (χ3v) is 3.08. The molecule has 0 saturated heterocycles. The third-order valence-electron chi connectivity index (χ3n) is 3.08. The van der Waals surface area contributed by atoms with Crippen LogP contribution in [-0.2, 0) is 13.7 Å². The lowest BCUT2D eigenvalue weighted by atomic mass is 10.1. The Bertz CT molecular complexity index is 594. The van der Waals surface area contributed by atoms with Crippen LogP contribution in [0.4, 0.5) is 0 Å². The van der Waals surface area contributed by atoms with Crippen molar-refractivity contribution in [2.45, 2.75) is 26.0 Å². The molecule has 20 heavy (non-hydrogen) atoms. The van der Waals surface area contributed by atoms with Gasteiger partial charge in [0.1, 0.15) is 5.69 Å². The summed E-state index contributed by atoms with van der Waals surface area (Å²) in [6.45, 7) is 1.89. The fourth-order valence-electron chi connectivity index (χ4n) is 1.97. The van der Waals surface area contributed by atoms with Crippen molar-refractivity contribution in [2.75, 3.05) is 0 Å². The molecule has 2 N–H and O–H groups in total. The number of aromatic nitrogens is 3. The quantitative estimate of drug-likeness (QED) is 0.858. The molecule has 2 rings (SSSR count). The molecule has 6 heteroatoms. The van der Waals surface area contributed by atoms with Crippen LogP contribution in [0.25, 0.3) is 0 Å². The number of nitrogens with one attached hydrogen (secondary N) is 1. The molecule has 6 nitrogen and oxygen atoms in total. The van der Waals surface area contributed by atoms with Crippen LogP contribution in [0.15, 0.2) is 30.7 Å². The summed E-state index contributed by atoms with van der Waals surface area (Å²) in [4.78, 5) is 16.2. The van der Waals surface area contributed by atoms with Crippen LogP contribution in [0.5, 0.6) is 0 Å². The Labute approximate surface area is 117 Å². The van der Waals surface area contributed by atoms with E-state index in [4.69, 9.17) is 5.11 Å². The van der Waals surface area contributed by atoms with Gasteiger partial charge in [-0.25, -0.2) is 0 Å². The maximum atomic E-state index is 12.2. The highest BCUT2D eigenvalue weighted by Gasteiger charge is 2.16. The maximum Gasteiger partial charge on any atom is 0.270 e. The smallest absolute Gasteiger partial charge is 0.270 e. The van der Waals surface area contributed by atoms with Crippen LogP contribution in [0, 0.1) is 0 Å². The second kappa shape index (κ2) is 6.29. The predicted octanol–water partition coefficient (Wildman–Crippen LogP) is 1.19. The van der Waals surface area contributed by atoms with Gasteiger partial charge in [-0.15, -0.1) is 0 Å². The van der Waals surface area contributed by atoms with Gasteiger partial charge in [0.05, 0.1) is 18.8 Å². The highest BCUT2D eigenvalue weighted by Crippen LogP contribution is 2.16. The second-order valence-electron chi connectivity index (χ2n) is 4.59. The van der Waals surface area contributed by atoms with Crippen LogP contribution in [-0.4, -0.2) is 25.8 Å². The van der Waals surface area contributed by atoms with Crippen LogP contribution < -0.4 is 5.32 Å². The molecule has 0 saturated carbocycles. The van der Waals surface area contributed by atoms with Crippen molar-refractivity contribution >= 4 is 5.91 Å². The summed E-state index contributed by atoms with van der Waals surface area (Å²) in [5, 5.41) is 16.1. The number of aliphatic hydroxyl groups is 1. The van der Waals surface area contributed by atoms with Gasteiger partial charge in [-0.05, 0) is 24.1 Å². The summed E-state index contributed by atoms with van der Waals surface area (Å²) in [5.74, 6) is -0.254. The van der Waals surface area contributed by atoms with E-state index in [9.17, 15) is 4.79 Å². The van der Waals surface area contributed by atoms with Crippen molar-refractivity contribution in [3.05, 3.63) is 47.5 Å². The fraction of sp³-hybridized carbons (Fsp3) is 0.357. The normalized spacial score (nSPS) is 12.2. The summed E-state index contributed by atoms with van der Waals surface area (Å²) in [7, 11) is 1.84. The van der Waals surface area contributed by atoms with E-state index in [0.717, 1.165) is 12.0 Å². The summed E-state index contributed by atoms with van der Waals surface area (Å²) in [5.41, 5.74) is 1.93. The maximum absolute atomic E-state index is 12.2. The summed E-state index contributed by atoms with van der Waals surface area (Å²) in [6.07, 6.45) is 5.90. The molecular formula is C14H18N4O2. The molecule has 2 aromatic rings. The number of amides is 1. The molecule has 2 aromatic heterocycles. The van der Waals surface area contributed by atoms with Gasteiger partial charge in [0.25, 0.3) is 5.91 Å². The first-order valence-electron chi connectivity index (χ1n) is 6.49. The zero-order valence-corrected chi connectivity index (χ0v) is 11.6. The molecule has 0 aliphatic rings. The number of pyridine rings is 1. The molecule has 0 fully saturated rings. The predicted molar refractivity (Wildman–Crippen MR) is 73.9 cm³/mol. The lowest BCUT2D eigenvalue weighted by Crippen LogP contribution is -2.28. The standard InChI is InChI=1S/C14H18N4O2/c1-3-12(11-7-16-18(2)8-11)17-14(20)13-6-10(9-19)4-5-15-13/h4-8,12,19H,3,9H2,1-2H3,(H,17,20)/t12-/m0/s1. The Morgan fingerprint density at radius 2 is 2.35 bits per heavy atom. The largest absolute Gasteiger partial charge is 0.392 e. The number of hydrogen-bond acceptors (Lipinski definition) is 4. The van der Waals surface area contributed by atoms with Crippen molar-refractivity contribution in [3.8, 4) is 0 Å². The van der Waals surface area contributed by atoms with Crippen LogP contribution >= 0.6 is 0 Å². The van der Waals surface area contributed by atoms with Gasteiger partial charge in [-0.2, -0.15) is 5.10 Å². The highest BCUT2D eigenvalue weighted by molar-refractivity contribution is 5.92. The molecule has 0 radical (unpaired) electrons. The fourth-order valence-corrected chi connectivity index (χ4v) is 1.97. The van der Waals surface area contributed by atoms with E-state index in [1.54, 1.807) is 23.0 Å². The molecule has 0 aromatic carbocycles. The Kier molecular flexibility index (Phi) is 4.47. The van der Waals surface area contributed by atoms with Gasteiger partial charge < -0.3 is 10.4 Å². The number of nitrogens with zero attached hydrogens (tertiary/aromatic N) is 3. The lowest BCUT2D eigenvalue weighted by Gasteiger charge is -2.15. The van der Waals surface area contributed by atoms with Gasteiger partial charge in [-0.1, -0.05) is 6.92 Å². The Morgan fingerprint density at radius 3 is 2.95 bits per heavy atom. The van der Waals surface area contributed by atoms with Crippen molar-refractivity contribution < 1.29 is 9.90 Å². The number of carbonyl (C=O) groups excluding carboxylic acids is 1. The highest BCUT2D eigenvalue weighted by atomic mass is 16.3. The van der Waals surface area contributed by atoms with E-state index in [1.165, 1.54) is 6.20 Å². The van der Waals surface area contributed by atoms with Gasteiger partial charge in [0.15, 0.2) is 0 Å². The van der Waals surface area contributed by atoms with Crippen molar-refractivity contribution in [3.63, 3.8) is 0 Å². The van der Waals surface area contributed by atoms with Crippen molar-refractivity contribution in [2.24, 2.45) is 7.05 Å². The Balaban J connectivity index is 2.12. The Hall–Kier alpha value is -2.21. The number of hydrogen-bond donors (Lipinski definition) is 2. The van der Waals surface area contributed by atoms with E-state index >= 15 is 0 Å². The van der Waals surface area contributed by atoms with Gasteiger partial charge >= 0.3 is 0 Å². The van der Waals surface area contributed by atoms with Crippen molar-refractivity contribution in [1.82, 2.24) is 20.1 Å². The van der Waals surface area contributed by atoms with Gasteiger partial charge in [0.2, 0.25) is 0 Å². The SMILES string of the molecule is CC[C@H](NC(=O)c1cc(CO)ccn1)c1cnn(C)c1. The van der Waals surface area contributed by atoms with Crippen LogP contribution in [0.1, 0.15) is 41.0 Å². The van der Waals surface area contributed by atoms with E-state index in [-0.39, 0.29) is 18.6 Å². The zero-order valence-electron chi connectivity index (χ0n) is 11.6. The molecule has 0 aliphatic carbocycles. The van der Waals surface area contributed by atoms with E-state index in [1.807, 2.05) is 20.2 Å². The van der Waals surface area contributed by atoms with Crippen LogP contribution in [0.3, 0.4) is 0 Å². The molecule has 1 amide bonds. The first-order chi connectivity index (χ1) is 9.63. The van der Waals surface area contributed by atoms with Crippen molar-refractivity contribution in [1.29, 1.82) is 0 Å². The summed E-state index contributed by atoms with van der Waals surface area (Å²) in [6, 6.07) is 3.16. The molecular weight excluding hydrogens is 256 g/mol. The monoisotopic (exact) mass is 274 g/mol. The molecule has 2 heterocycles. The minimum atomic E-state index is -0.254. The van der Waals surface area contributed by atoms with E-state index < -0.39 is 0 Å². The van der Waals surface area contributed by atoms with E-state index in [2.05, 4.69) is 15.4 Å². The minimum absolute atomic E-state index is 0.101. The zero-order chi connectivity index (χ0) is 14.5.